The lowest BCUT2D eigenvalue weighted by Gasteiger charge is -2.20. The largest absolute Gasteiger partial charge is 0.260 e. The first-order chi connectivity index (χ1) is 9.55. The first kappa shape index (κ1) is 15.4. The fourth-order valence-corrected chi connectivity index (χ4v) is 3.72. The fraction of sp³-hybridized carbons (Fsp3) is 0.667. The van der Waals surface area contributed by atoms with Gasteiger partial charge in [0.15, 0.2) is 0 Å². The molecule has 4 nitrogen and oxygen atoms in total. The van der Waals surface area contributed by atoms with E-state index in [0.717, 1.165) is 24.5 Å². The molecule has 112 valence electrons. The minimum absolute atomic E-state index is 0.379. The molecule has 1 fully saturated rings. The summed E-state index contributed by atoms with van der Waals surface area (Å²) >= 11 is 0. The summed E-state index contributed by atoms with van der Waals surface area (Å²) in [4.78, 5) is 4.21. The molecule has 20 heavy (non-hydrogen) atoms. The summed E-state index contributed by atoms with van der Waals surface area (Å²) in [7, 11) is -3.17. The predicted molar refractivity (Wildman–Crippen MR) is 80.7 cm³/mol. The second-order valence-corrected chi connectivity index (χ2v) is 7.69. The number of aromatic nitrogens is 1. The van der Waals surface area contributed by atoms with E-state index in [-0.39, 0.29) is 0 Å². The van der Waals surface area contributed by atoms with E-state index in [9.17, 15) is 8.42 Å². The first-order valence-corrected chi connectivity index (χ1v) is 9.25. The minimum Gasteiger partial charge on any atom is -0.260 e. The lowest BCUT2D eigenvalue weighted by molar-refractivity contribution is 0.372. The number of hydrogen-bond acceptors (Lipinski definition) is 3. The lowest BCUT2D eigenvalue weighted by atomic mass is 10.0. The van der Waals surface area contributed by atoms with Crippen LogP contribution < -0.4 is 0 Å². The van der Waals surface area contributed by atoms with Crippen LogP contribution in [-0.4, -0.2) is 30.5 Å². The molecule has 1 aromatic rings. The first-order valence-electron chi connectivity index (χ1n) is 7.41. The monoisotopic (exact) mass is 296 g/mol. The third-order valence-corrected chi connectivity index (χ3v) is 5.28. The zero-order valence-corrected chi connectivity index (χ0v) is 13.0. The van der Waals surface area contributed by atoms with Crippen molar-refractivity contribution in [3.8, 4) is 0 Å². The van der Waals surface area contributed by atoms with E-state index in [2.05, 4.69) is 4.98 Å². The standard InChI is InChI=1S/C15H24N2O2S/c1-20(18,19)17(13-15-10-4-5-11-16-15)12-6-9-14-7-2-3-8-14/h4-5,10-11,14H,2-3,6-9,12-13H2,1H3. The van der Waals surface area contributed by atoms with Gasteiger partial charge in [-0.2, -0.15) is 4.31 Å². The van der Waals surface area contributed by atoms with Gasteiger partial charge in [-0.3, -0.25) is 4.98 Å². The van der Waals surface area contributed by atoms with E-state index in [0.29, 0.717) is 13.1 Å². The summed E-state index contributed by atoms with van der Waals surface area (Å²) in [6, 6.07) is 5.60. The zero-order valence-electron chi connectivity index (χ0n) is 12.2. The molecule has 0 saturated heterocycles. The molecular weight excluding hydrogens is 272 g/mol. The summed E-state index contributed by atoms with van der Waals surface area (Å²) in [6.07, 6.45) is 10.4. The average molecular weight is 296 g/mol. The highest BCUT2D eigenvalue weighted by atomic mass is 32.2. The predicted octanol–water partition coefficient (Wildman–Crippen LogP) is 2.81. The van der Waals surface area contributed by atoms with Crippen molar-refractivity contribution in [1.29, 1.82) is 0 Å². The maximum atomic E-state index is 11.9. The second-order valence-electron chi connectivity index (χ2n) is 5.71. The summed E-state index contributed by atoms with van der Waals surface area (Å²) in [5, 5.41) is 0. The van der Waals surface area contributed by atoms with E-state index < -0.39 is 10.0 Å². The summed E-state index contributed by atoms with van der Waals surface area (Å²) < 4.78 is 25.3. The SMILES string of the molecule is CS(=O)(=O)N(CCCC1CCCC1)Cc1ccccn1. The Labute approximate surface area is 122 Å². The molecular formula is C15H24N2O2S. The topological polar surface area (TPSA) is 50.3 Å². The lowest BCUT2D eigenvalue weighted by Crippen LogP contribution is -2.31. The summed E-state index contributed by atoms with van der Waals surface area (Å²) in [5.74, 6) is 0.811. The Morgan fingerprint density at radius 2 is 2.05 bits per heavy atom. The van der Waals surface area contributed by atoms with Crippen molar-refractivity contribution in [2.45, 2.75) is 45.1 Å². The average Bonchev–Trinajstić information content (AvgIpc) is 2.91. The molecule has 0 amide bonds. The van der Waals surface area contributed by atoms with Crippen molar-refractivity contribution < 1.29 is 8.42 Å². The van der Waals surface area contributed by atoms with Crippen molar-refractivity contribution in [1.82, 2.24) is 9.29 Å². The van der Waals surface area contributed by atoms with Gasteiger partial charge < -0.3 is 0 Å². The summed E-state index contributed by atoms with van der Waals surface area (Å²) in [5.41, 5.74) is 0.804. The van der Waals surface area contributed by atoms with Gasteiger partial charge >= 0.3 is 0 Å². The molecule has 1 aromatic heterocycles. The number of hydrogen-bond donors (Lipinski definition) is 0. The third-order valence-electron chi connectivity index (χ3n) is 4.03. The van der Waals surface area contributed by atoms with Crippen LogP contribution >= 0.6 is 0 Å². The number of pyridine rings is 1. The molecule has 0 N–H and O–H groups in total. The van der Waals surface area contributed by atoms with Crippen LogP contribution in [0, 0.1) is 5.92 Å². The van der Waals surface area contributed by atoms with Gasteiger partial charge in [0.1, 0.15) is 0 Å². The van der Waals surface area contributed by atoms with Gasteiger partial charge in [-0.15, -0.1) is 0 Å². The third kappa shape index (κ3) is 4.87. The van der Waals surface area contributed by atoms with Gasteiger partial charge in [0, 0.05) is 12.7 Å². The fourth-order valence-electron chi connectivity index (χ4n) is 2.89. The molecule has 1 heterocycles. The van der Waals surface area contributed by atoms with Gasteiger partial charge in [-0.25, -0.2) is 8.42 Å². The minimum atomic E-state index is -3.17. The van der Waals surface area contributed by atoms with E-state index in [1.807, 2.05) is 18.2 Å². The highest BCUT2D eigenvalue weighted by molar-refractivity contribution is 7.88. The maximum absolute atomic E-state index is 11.9. The smallest absolute Gasteiger partial charge is 0.211 e. The molecule has 0 spiro atoms. The Morgan fingerprint density at radius 1 is 1.30 bits per heavy atom. The highest BCUT2D eigenvalue weighted by Gasteiger charge is 2.19. The zero-order chi connectivity index (χ0) is 14.4. The maximum Gasteiger partial charge on any atom is 0.211 e. The molecule has 1 saturated carbocycles. The van der Waals surface area contributed by atoms with Crippen molar-refractivity contribution in [2.75, 3.05) is 12.8 Å². The van der Waals surface area contributed by atoms with Crippen LogP contribution in [0.4, 0.5) is 0 Å². The summed E-state index contributed by atoms with van der Waals surface area (Å²) in [6.45, 7) is 0.982. The quantitative estimate of drug-likeness (QED) is 0.777. The van der Waals surface area contributed by atoms with Crippen molar-refractivity contribution in [2.24, 2.45) is 5.92 Å². The van der Waals surface area contributed by atoms with Gasteiger partial charge in [-0.1, -0.05) is 31.7 Å². The van der Waals surface area contributed by atoms with Gasteiger partial charge in [-0.05, 0) is 30.9 Å². The van der Waals surface area contributed by atoms with E-state index in [1.54, 1.807) is 10.5 Å². The van der Waals surface area contributed by atoms with Gasteiger partial charge in [0.25, 0.3) is 0 Å². The van der Waals surface area contributed by atoms with E-state index in [1.165, 1.54) is 31.9 Å². The van der Waals surface area contributed by atoms with Crippen LogP contribution in [0.5, 0.6) is 0 Å². The molecule has 5 heteroatoms. The van der Waals surface area contributed by atoms with Gasteiger partial charge in [0.05, 0.1) is 18.5 Å². The number of rotatable bonds is 7. The van der Waals surface area contributed by atoms with Crippen molar-refractivity contribution in [3.05, 3.63) is 30.1 Å². The molecule has 0 unspecified atom stereocenters. The van der Waals surface area contributed by atoms with Crippen LogP contribution in [0.15, 0.2) is 24.4 Å². The number of nitrogens with zero attached hydrogens (tertiary/aromatic N) is 2. The van der Waals surface area contributed by atoms with Crippen LogP contribution in [0.3, 0.4) is 0 Å². The molecule has 0 aliphatic heterocycles. The molecule has 1 aliphatic rings. The van der Waals surface area contributed by atoms with Crippen LogP contribution in [0.2, 0.25) is 0 Å². The van der Waals surface area contributed by atoms with E-state index >= 15 is 0 Å². The Balaban J connectivity index is 1.87. The molecule has 0 aromatic carbocycles. The van der Waals surface area contributed by atoms with E-state index in [4.69, 9.17) is 0 Å². The van der Waals surface area contributed by atoms with Crippen molar-refractivity contribution in [3.63, 3.8) is 0 Å². The molecule has 2 rings (SSSR count). The second kappa shape index (κ2) is 7.18. The van der Waals surface area contributed by atoms with Crippen LogP contribution in [0.25, 0.3) is 0 Å². The molecule has 0 radical (unpaired) electrons. The Kier molecular flexibility index (Phi) is 5.54. The molecule has 0 bridgehead atoms. The Morgan fingerprint density at radius 3 is 2.65 bits per heavy atom. The Hall–Kier alpha value is -0.940. The molecule has 1 aliphatic carbocycles. The number of sulfonamides is 1. The van der Waals surface area contributed by atoms with Crippen molar-refractivity contribution >= 4 is 10.0 Å². The van der Waals surface area contributed by atoms with Gasteiger partial charge in [0.2, 0.25) is 10.0 Å². The Bertz CT molecular complexity index is 496. The normalized spacial score (nSPS) is 16.9. The van der Waals surface area contributed by atoms with Crippen LogP contribution in [-0.2, 0) is 16.6 Å². The highest BCUT2D eigenvalue weighted by Crippen LogP contribution is 2.28. The van der Waals surface area contributed by atoms with Crippen LogP contribution in [0.1, 0.15) is 44.2 Å². The molecule has 0 atom stereocenters.